The zero-order chi connectivity index (χ0) is 15.5. The maximum Gasteiger partial charge on any atom is 0.189 e. The van der Waals surface area contributed by atoms with E-state index in [-0.39, 0.29) is 0 Å². The molecule has 0 saturated carbocycles. The summed E-state index contributed by atoms with van der Waals surface area (Å²) in [5.74, 6) is 0.771. The van der Waals surface area contributed by atoms with E-state index >= 15 is 0 Å². The summed E-state index contributed by atoms with van der Waals surface area (Å²) in [6.45, 7) is 2.04. The molecule has 1 aromatic carbocycles. The minimum absolute atomic E-state index is 0.537. The van der Waals surface area contributed by atoms with Crippen molar-refractivity contribution >= 4 is 39.5 Å². The number of hydrogen-bond acceptors (Lipinski definition) is 4. The van der Waals surface area contributed by atoms with Gasteiger partial charge in [-0.2, -0.15) is 0 Å². The number of hydrogen-bond donors (Lipinski definition) is 2. The normalized spacial score (nSPS) is 13.4. The highest BCUT2D eigenvalue weighted by Crippen LogP contribution is 2.30. The number of nitrogens with zero attached hydrogens (tertiary/aromatic N) is 1. The van der Waals surface area contributed by atoms with Crippen LogP contribution in [0.15, 0.2) is 18.2 Å². The molecule has 0 fully saturated rings. The van der Waals surface area contributed by atoms with Gasteiger partial charge in [0.25, 0.3) is 0 Å². The minimum Gasteiger partial charge on any atom is -0.495 e. The Labute approximate surface area is 139 Å². The molecule has 1 aliphatic carbocycles. The molecule has 0 saturated heterocycles. The molecule has 1 aromatic heterocycles. The van der Waals surface area contributed by atoms with E-state index in [2.05, 4.69) is 15.6 Å². The van der Waals surface area contributed by atoms with Gasteiger partial charge in [0.1, 0.15) is 5.75 Å². The molecule has 4 nitrogen and oxygen atoms in total. The first-order valence-electron chi connectivity index (χ1n) is 7.37. The number of anilines is 2. The van der Waals surface area contributed by atoms with Crippen molar-refractivity contribution in [2.45, 2.75) is 32.6 Å². The van der Waals surface area contributed by atoms with Crippen LogP contribution in [0.4, 0.5) is 10.8 Å². The van der Waals surface area contributed by atoms with Crippen molar-refractivity contribution in [3.8, 4) is 5.75 Å². The van der Waals surface area contributed by atoms with Gasteiger partial charge in [0.15, 0.2) is 10.2 Å². The van der Waals surface area contributed by atoms with Crippen molar-refractivity contribution in [3.63, 3.8) is 0 Å². The highest BCUT2D eigenvalue weighted by atomic mass is 32.1. The van der Waals surface area contributed by atoms with Gasteiger partial charge in [0.05, 0.1) is 18.5 Å². The van der Waals surface area contributed by atoms with Crippen molar-refractivity contribution in [2.24, 2.45) is 0 Å². The molecule has 0 amide bonds. The highest BCUT2D eigenvalue weighted by Gasteiger charge is 2.15. The molecule has 0 bridgehead atoms. The molecule has 3 rings (SSSR count). The average molecular weight is 333 g/mol. The third kappa shape index (κ3) is 3.39. The van der Waals surface area contributed by atoms with Gasteiger partial charge in [-0.15, -0.1) is 11.3 Å². The predicted octanol–water partition coefficient (Wildman–Crippen LogP) is 4.15. The van der Waals surface area contributed by atoms with Crippen LogP contribution in [0.1, 0.15) is 29.0 Å². The van der Waals surface area contributed by atoms with Gasteiger partial charge in [-0.3, -0.25) is 0 Å². The molecule has 116 valence electrons. The Morgan fingerprint density at radius 3 is 2.86 bits per heavy atom. The van der Waals surface area contributed by atoms with Crippen LogP contribution in [0, 0.1) is 6.92 Å². The second-order valence-electron chi connectivity index (χ2n) is 5.38. The SMILES string of the molecule is COc1ccc(C)cc1NC(=S)Nc1nc2c(s1)CCCC2. The van der Waals surface area contributed by atoms with Crippen LogP contribution >= 0.6 is 23.6 Å². The summed E-state index contributed by atoms with van der Waals surface area (Å²) in [7, 11) is 1.65. The van der Waals surface area contributed by atoms with E-state index in [1.54, 1.807) is 18.4 Å². The molecule has 0 unspecified atom stereocenters. The zero-order valence-electron chi connectivity index (χ0n) is 12.7. The van der Waals surface area contributed by atoms with E-state index in [0.29, 0.717) is 5.11 Å². The van der Waals surface area contributed by atoms with Crippen molar-refractivity contribution < 1.29 is 4.74 Å². The molecule has 1 heterocycles. The fourth-order valence-corrected chi connectivity index (χ4v) is 3.90. The van der Waals surface area contributed by atoms with Gasteiger partial charge < -0.3 is 15.4 Å². The molecule has 0 aliphatic heterocycles. The first-order chi connectivity index (χ1) is 10.7. The molecule has 0 spiro atoms. The summed E-state index contributed by atoms with van der Waals surface area (Å²) in [5.41, 5.74) is 3.24. The largest absolute Gasteiger partial charge is 0.495 e. The Morgan fingerprint density at radius 2 is 2.09 bits per heavy atom. The predicted molar refractivity (Wildman–Crippen MR) is 96.3 cm³/mol. The Balaban J connectivity index is 1.70. The molecule has 0 atom stereocenters. The molecule has 0 radical (unpaired) electrons. The summed E-state index contributed by atoms with van der Waals surface area (Å²) in [5, 5.41) is 7.79. The number of rotatable bonds is 3. The van der Waals surface area contributed by atoms with Crippen LogP contribution < -0.4 is 15.4 Å². The van der Waals surface area contributed by atoms with Crippen LogP contribution in [0.2, 0.25) is 0 Å². The molecule has 6 heteroatoms. The number of aryl methyl sites for hydroxylation is 3. The van der Waals surface area contributed by atoms with E-state index < -0.39 is 0 Å². The summed E-state index contributed by atoms with van der Waals surface area (Å²) in [4.78, 5) is 6.03. The van der Waals surface area contributed by atoms with Gasteiger partial charge in [-0.1, -0.05) is 6.07 Å². The standard InChI is InChI=1S/C16H19N3OS2/c1-10-7-8-13(20-2)12(9-10)17-15(21)19-16-18-11-5-3-4-6-14(11)22-16/h7-9H,3-6H2,1-2H3,(H2,17,18,19,21). The number of methoxy groups -OCH3 is 1. The Hall–Kier alpha value is -1.66. The Kier molecular flexibility index (Phi) is 4.59. The van der Waals surface area contributed by atoms with E-state index in [1.807, 2.05) is 25.1 Å². The van der Waals surface area contributed by atoms with Crippen LogP contribution in [0.5, 0.6) is 5.75 Å². The Bertz CT molecular complexity index is 673. The summed E-state index contributed by atoms with van der Waals surface area (Å²) < 4.78 is 5.35. The lowest BCUT2D eigenvalue weighted by atomic mass is 10.0. The lowest BCUT2D eigenvalue weighted by Gasteiger charge is -2.12. The van der Waals surface area contributed by atoms with Crippen LogP contribution in [-0.2, 0) is 12.8 Å². The summed E-state index contributed by atoms with van der Waals surface area (Å²) >= 11 is 7.10. The first-order valence-corrected chi connectivity index (χ1v) is 8.59. The second-order valence-corrected chi connectivity index (χ2v) is 6.87. The summed E-state index contributed by atoms with van der Waals surface area (Å²) in [6, 6.07) is 5.96. The quantitative estimate of drug-likeness (QED) is 0.826. The van der Waals surface area contributed by atoms with Crippen LogP contribution in [-0.4, -0.2) is 17.2 Å². The van der Waals surface area contributed by atoms with E-state index in [0.717, 1.165) is 35.0 Å². The van der Waals surface area contributed by atoms with Crippen molar-refractivity contribution in [2.75, 3.05) is 17.7 Å². The molecule has 1 aliphatic rings. The first kappa shape index (κ1) is 15.2. The highest BCUT2D eigenvalue weighted by molar-refractivity contribution is 7.80. The van der Waals surface area contributed by atoms with E-state index in [4.69, 9.17) is 17.0 Å². The number of thiocarbonyl (C=S) groups is 1. The van der Waals surface area contributed by atoms with Crippen molar-refractivity contribution in [3.05, 3.63) is 34.3 Å². The fraction of sp³-hybridized carbons (Fsp3) is 0.375. The molecular weight excluding hydrogens is 314 g/mol. The molecular formula is C16H19N3OS2. The maximum atomic E-state index is 5.40. The summed E-state index contributed by atoms with van der Waals surface area (Å²) in [6.07, 6.45) is 4.72. The van der Waals surface area contributed by atoms with Crippen molar-refractivity contribution in [1.29, 1.82) is 0 Å². The Morgan fingerprint density at radius 1 is 1.27 bits per heavy atom. The number of thiazole rings is 1. The monoisotopic (exact) mass is 333 g/mol. The zero-order valence-corrected chi connectivity index (χ0v) is 14.4. The third-order valence-electron chi connectivity index (χ3n) is 3.67. The number of nitrogens with one attached hydrogen (secondary N) is 2. The van der Waals surface area contributed by atoms with Gasteiger partial charge in [-0.25, -0.2) is 4.98 Å². The number of aromatic nitrogens is 1. The van der Waals surface area contributed by atoms with Gasteiger partial charge in [0, 0.05) is 4.88 Å². The lowest BCUT2D eigenvalue weighted by molar-refractivity contribution is 0.417. The average Bonchev–Trinajstić information content (AvgIpc) is 2.89. The van der Waals surface area contributed by atoms with E-state index in [9.17, 15) is 0 Å². The number of benzene rings is 1. The lowest BCUT2D eigenvalue weighted by Crippen LogP contribution is -2.19. The van der Waals surface area contributed by atoms with Crippen molar-refractivity contribution in [1.82, 2.24) is 4.98 Å². The number of ether oxygens (including phenoxy) is 1. The van der Waals surface area contributed by atoms with Gasteiger partial charge in [0.2, 0.25) is 0 Å². The smallest absolute Gasteiger partial charge is 0.189 e. The molecule has 2 aromatic rings. The van der Waals surface area contributed by atoms with Gasteiger partial charge >= 0.3 is 0 Å². The fourth-order valence-electron chi connectivity index (χ4n) is 2.58. The van der Waals surface area contributed by atoms with E-state index in [1.165, 1.54) is 23.4 Å². The maximum absolute atomic E-state index is 5.40. The number of fused-ring (bicyclic) bond motifs is 1. The van der Waals surface area contributed by atoms with Crippen LogP contribution in [0.25, 0.3) is 0 Å². The third-order valence-corrected chi connectivity index (χ3v) is 4.95. The minimum atomic E-state index is 0.537. The molecule has 2 N–H and O–H groups in total. The van der Waals surface area contributed by atoms with Gasteiger partial charge in [-0.05, 0) is 62.5 Å². The van der Waals surface area contributed by atoms with Crippen LogP contribution in [0.3, 0.4) is 0 Å². The second kappa shape index (κ2) is 6.62. The molecule has 22 heavy (non-hydrogen) atoms. The topological polar surface area (TPSA) is 46.2 Å².